The second kappa shape index (κ2) is 4.44. The number of carbonyl (C=O) groups excluding carboxylic acids is 1. The number of aliphatic imine (C=N–C) groups is 1. The van der Waals surface area contributed by atoms with Gasteiger partial charge in [0.25, 0.3) is 5.91 Å². The highest BCUT2D eigenvalue weighted by Crippen LogP contribution is 2.30. The van der Waals surface area contributed by atoms with E-state index in [-0.39, 0.29) is 5.91 Å². The lowest BCUT2D eigenvalue weighted by Gasteiger charge is -2.07. The predicted molar refractivity (Wildman–Crippen MR) is 70.9 cm³/mol. The molecule has 3 rings (SSSR count). The zero-order valence-corrected chi connectivity index (χ0v) is 10.9. The molecule has 94 valence electrons. The van der Waals surface area contributed by atoms with Gasteiger partial charge in [-0.25, -0.2) is 4.99 Å². The van der Waals surface area contributed by atoms with Gasteiger partial charge in [-0.05, 0) is 25.0 Å². The van der Waals surface area contributed by atoms with Crippen LogP contribution in [-0.2, 0) is 4.79 Å². The first-order chi connectivity index (χ1) is 8.63. The van der Waals surface area contributed by atoms with Gasteiger partial charge in [0.2, 0.25) is 0 Å². The Labute approximate surface area is 114 Å². The summed E-state index contributed by atoms with van der Waals surface area (Å²) in [5.41, 5.74) is 0.672. The highest BCUT2D eigenvalue weighted by molar-refractivity contribution is 6.35. The number of halogens is 2. The molecule has 2 aliphatic rings. The number of nitrogens with zero attached hydrogens (tertiary/aromatic N) is 1. The molecule has 0 radical (unpaired) electrons. The van der Waals surface area contributed by atoms with Crippen LogP contribution in [-0.4, -0.2) is 17.9 Å². The van der Waals surface area contributed by atoms with Gasteiger partial charge in [0.05, 0.1) is 0 Å². The molecule has 0 saturated heterocycles. The van der Waals surface area contributed by atoms with Gasteiger partial charge in [0.1, 0.15) is 0 Å². The van der Waals surface area contributed by atoms with Gasteiger partial charge >= 0.3 is 0 Å². The summed E-state index contributed by atoms with van der Waals surface area (Å²) in [5, 5.41) is 6.89. The van der Waals surface area contributed by atoms with Crippen molar-refractivity contribution in [1.82, 2.24) is 10.6 Å². The van der Waals surface area contributed by atoms with Gasteiger partial charge in [-0.3, -0.25) is 10.1 Å². The highest BCUT2D eigenvalue weighted by Gasteiger charge is 2.32. The van der Waals surface area contributed by atoms with Crippen LogP contribution >= 0.6 is 23.2 Å². The van der Waals surface area contributed by atoms with Crippen LogP contribution in [0.25, 0.3) is 0 Å². The van der Waals surface area contributed by atoms with Crippen LogP contribution in [0.15, 0.2) is 23.2 Å². The SMILES string of the molecule is O=C1NC(NC2CC2)=NC1c1ccc(Cl)cc1Cl. The van der Waals surface area contributed by atoms with Crippen LogP contribution in [0.3, 0.4) is 0 Å². The molecular formula is C12H11Cl2N3O. The van der Waals surface area contributed by atoms with Crippen LogP contribution in [0.4, 0.5) is 0 Å². The molecule has 1 aliphatic carbocycles. The number of benzene rings is 1. The number of rotatable bonds is 2. The molecule has 0 bridgehead atoms. The molecule has 4 nitrogen and oxygen atoms in total. The van der Waals surface area contributed by atoms with Crippen LogP contribution in [0.5, 0.6) is 0 Å². The van der Waals surface area contributed by atoms with E-state index in [0.29, 0.717) is 27.6 Å². The fourth-order valence-corrected chi connectivity index (χ4v) is 2.35. The molecule has 1 aromatic rings. The van der Waals surface area contributed by atoms with Crippen molar-refractivity contribution in [3.05, 3.63) is 33.8 Å². The maximum atomic E-state index is 11.9. The van der Waals surface area contributed by atoms with Crippen molar-refractivity contribution in [1.29, 1.82) is 0 Å². The smallest absolute Gasteiger partial charge is 0.256 e. The molecule has 18 heavy (non-hydrogen) atoms. The Morgan fingerprint density at radius 1 is 1.33 bits per heavy atom. The minimum Gasteiger partial charge on any atom is -0.353 e. The molecule has 1 atom stereocenters. The van der Waals surface area contributed by atoms with E-state index in [1.807, 2.05) is 0 Å². The zero-order valence-electron chi connectivity index (χ0n) is 9.41. The van der Waals surface area contributed by atoms with E-state index in [1.165, 1.54) is 0 Å². The van der Waals surface area contributed by atoms with Crippen molar-refractivity contribution in [2.45, 2.75) is 24.9 Å². The van der Waals surface area contributed by atoms with Gasteiger partial charge in [0, 0.05) is 21.7 Å². The van der Waals surface area contributed by atoms with Gasteiger partial charge in [-0.1, -0.05) is 29.3 Å². The first kappa shape index (κ1) is 11.8. The Morgan fingerprint density at radius 2 is 2.11 bits per heavy atom. The number of hydrogen-bond donors (Lipinski definition) is 2. The average Bonchev–Trinajstić information content (AvgIpc) is 3.03. The van der Waals surface area contributed by atoms with Crippen molar-refractivity contribution in [2.75, 3.05) is 0 Å². The highest BCUT2D eigenvalue weighted by atomic mass is 35.5. The third-order valence-electron chi connectivity index (χ3n) is 2.92. The monoisotopic (exact) mass is 283 g/mol. The molecule has 6 heteroatoms. The summed E-state index contributed by atoms with van der Waals surface area (Å²) in [5.74, 6) is 0.376. The Hall–Kier alpha value is -1.26. The maximum absolute atomic E-state index is 11.9. The van der Waals surface area contributed by atoms with Crippen LogP contribution < -0.4 is 10.6 Å². The van der Waals surface area contributed by atoms with Crippen molar-refractivity contribution in [2.24, 2.45) is 4.99 Å². The summed E-state index contributed by atoms with van der Waals surface area (Å²) >= 11 is 11.9. The maximum Gasteiger partial charge on any atom is 0.256 e. The largest absolute Gasteiger partial charge is 0.353 e. The van der Waals surface area contributed by atoms with E-state index in [1.54, 1.807) is 18.2 Å². The lowest BCUT2D eigenvalue weighted by molar-refractivity contribution is -0.120. The van der Waals surface area contributed by atoms with Crippen molar-refractivity contribution >= 4 is 35.1 Å². The minimum atomic E-state index is -0.587. The number of carbonyl (C=O) groups is 1. The number of amides is 1. The summed E-state index contributed by atoms with van der Waals surface area (Å²) in [6.45, 7) is 0. The Balaban J connectivity index is 1.86. The number of guanidine groups is 1. The lowest BCUT2D eigenvalue weighted by atomic mass is 10.1. The Morgan fingerprint density at radius 3 is 2.78 bits per heavy atom. The van der Waals surface area contributed by atoms with Crippen molar-refractivity contribution < 1.29 is 4.79 Å². The Bertz CT molecular complexity index is 540. The van der Waals surface area contributed by atoms with Gasteiger partial charge in [-0.15, -0.1) is 0 Å². The van der Waals surface area contributed by atoms with Crippen LogP contribution in [0.2, 0.25) is 10.0 Å². The fraction of sp³-hybridized carbons (Fsp3) is 0.333. The second-order valence-electron chi connectivity index (χ2n) is 4.45. The summed E-state index contributed by atoms with van der Waals surface area (Å²) < 4.78 is 0. The van der Waals surface area contributed by atoms with E-state index in [9.17, 15) is 4.79 Å². The molecular weight excluding hydrogens is 273 g/mol. The molecule has 0 spiro atoms. The molecule has 1 heterocycles. The third kappa shape index (κ3) is 2.31. The standard InChI is InChI=1S/C12H11Cl2N3O/c13-6-1-4-8(9(14)5-6)10-11(18)17-12(16-10)15-7-2-3-7/h1,4-5,7,10H,2-3H2,(H2,15,16,17,18). The molecule has 1 unspecified atom stereocenters. The summed E-state index contributed by atoms with van der Waals surface area (Å²) in [7, 11) is 0. The van der Waals surface area contributed by atoms with Crippen molar-refractivity contribution in [3.8, 4) is 0 Å². The van der Waals surface area contributed by atoms with Crippen LogP contribution in [0, 0.1) is 0 Å². The average molecular weight is 284 g/mol. The summed E-state index contributed by atoms with van der Waals surface area (Å²) in [6.07, 6.45) is 2.25. The van der Waals surface area contributed by atoms with Gasteiger partial charge < -0.3 is 5.32 Å². The van der Waals surface area contributed by atoms with Crippen LogP contribution in [0.1, 0.15) is 24.4 Å². The molecule has 0 aromatic heterocycles. The molecule has 1 aliphatic heterocycles. The minimum absolute atomic E-state index is 0.164. The fourth-order valence-electron chi connectivity index (χ4n) is 1.83. The van der Waals surface area contributed by atoms with E-state index >= 15 is 0 Å². The first-order valence-corrected chi connectivity index (χ1v) is 6.49. The normalized spacial score (nSPS) is 22.7. The lowest BCUT2D eigenvalue weighted by Crippen LogP contribution is -2.37. The van der Waals surface area contributed by atoms with Gasteiger partial charge in [0.15, 0.2) is 12.0 Å². The van der Waals surface area contributed by atoms with Gasteiger partial charge in [-0.2, -0.15) is 0 Å². The molecule has 1 saturated carbocycles. The molecule has 1 fully saturated rings. The predicted octanol–water partition coefficient (Wildman–Crippen LogP) is 2.27. The quantitative estimate of drug-likeness (QED) is 0.875. The topological polar surface area (TPSA) is 53.5 Å². The number of hydrogen-bond acceptors (Lipinski definition) is 3. The molecule has 1 amide bonds. The molecule has 1 aromatic carbocycles. The van der Waals surface area contributed by atoms with E-state index < -0.39 is 6.04 Å². The van der Waals surface area contributed by atoms with E-state index in [0.717, 1.165) is 12.8 Å². The zero-order chi connectivity index (χ0) is 12.7. The summed E-state index contributed by atoms with van der Waals surface area (Å²) in [4.78, 5) is 16.2. The number of nitrogens with one attached hydrogen (secondary N) is 2. The Kier molecular flexibility index (Phi) is 2.92. The van der Waals surface area contributed by atoms with Crippen molar-refractivity contribution in [3.63, 3.8) is 0 Å². The van der Waals surface area contributed by atoms with E-state index in [2.05, 4.69) is 15.6 Å². The summed E-state index contributed by atoms with van der Waals surface area (Å²) in [6, 6.07) is 4.92. The second-order valence-corrected chi connectivity index (χ2v) is 5.30. The first-order valence-electron chi connectivity index (χ1n) is 5.73. The molecule has 2 N–H and O–H groups in total. The van der Waals surface area contributed by atoms with E-state index in [4.69, 9.17) is 23.2 Å². The third-order valence-corrected chi connectivity index (χ3v) is 3.49.